The third kappa shape index (κ3) is 3.31. The summed E-state index contributed by atoms with van der Waals surface area (Å²) in [5, 5.41) is 16.9. The van der Waals surface area contributed by atoms with E-state index in [2.05, 4.69) is 15.1 Å². The molecule has 0 bridgehead atoms. The number of halogens is 1. The third-order valence-electron chi connectivity index (χ3n) is 4.13. The van der Waals surface area contributed by atoms with Gasteiger partial charge in [-0.05, 0) is 37.1 Å². The Morgan fingerprint density at radius 3 is 2.91 bits per heavy atom. The molecular formula is C16H18ClN3O2. The van der Waals surface area contributed by atoms with Crippen molar-refractivity contribution in [2.75, 3.05) is 6.54 Å². The second kappa shape index (κ2) is 6.50. The van der Waals surface area contributed by atoms with Gasteiger partial charge in [0.05, 0.1) is 18.3 Å². The van der Waals surface area contributed by atoms with Crippen molar-refractivity contribution in [1.82, 2.24) is 15.1 Å². The van der Waals surface area contributed by atoms with Gasteiger partial charge in [-0.15, -0.1) is 0 Å². The lowest BCUT2D eigenvalue weighted by Crippen LogP contribution is -2.30. The van der Waals surface area contributed by atoms with E-state index in [0.29, 0.717) is 11.6 Å². The van der Waals surface area contributed by atoms with Crippen molar-refractivity contribution < 1.29 is 9.90 Å². The van der Waals surface area contributed by atoms with E-state index in [0.717, 1.165) is 36.2 Å². The van der Waals surface area contributed by atoms with Crippen LogP contribution in [0.4, 0.5) is 0 Å². The number of likely N-dealkylation sites (tertiary alicyclic amines) is 1. The molecule has 2 N–H and O–H groups in total. The number of rotatable bonds is 5. The highest BCUT2D eigenvalue weighted by molar-refractivity contribution is 6.30. The zero-order valence-corrected chi connectivity index (χ0v) is 12.9. The second-order valence-electron chi connectivity index (χ2n) is 5.64. The van der Waals surface area contributed by atoms with Gasteiger partial charge in [-0.2, -0.15) is 5.10 Å². The van der Waals surface area contributed by atoms with E-state index in [9.17, 15) is 4.79 Å². The molecule has 2 aromatic rings. The van der Waals surface area contributed by atoms with Crippen LogP contribution < -0.4 is 0 Å². The summed E-state index contributed by atoms with van der Waals surface area (Å²) in [7, 11) is 0. The molecule has 1 aliphatic heterocycles. The van der Waals surface area contributed by atoms with Crippen molar-refractivity contribution >= 4 is 17.6 Å². The predicted octanol–water partition coefficient (Wildman–Crippen LogP) is 3.17. The summed E-state index contributed by atoms with van der Waals surface area (Å²) in [6.45, 7) is 1.65. The summed E-state index contributed by atoms with van der Waals surface area (Å²) in [5.41, 5.74) is 3.09. The first-order valence-corrected chi connectivity index (χ1v) is 7.75. The number of aromatic nitrogens is 2. The number of benzene rings is 1. The van der Waals surface area contributed by atoms with Crippen molar-refractivity contribution in [2.24, 2.45) is 0 Å². The van der Waals surface area contributed by atoms with Crippen LogP contribution in [-0.2, 0) is 11.3 Å². The van der Waals surface area contributed by atoms with E-state index in [1.54, 1.807) is 0 Å². The molecule has 1 aromatic carbocycles. The number of carbonyl (C=O) groups is 1. The lowest BCUT2D eigenvalue weighted by Gasteiger charge is -2.23. The van der Waals surface area contributed by atoms with Crippen LogP contribution in [0.25, 0.3) is 11.3 Å². The molecule has 0 radical (unpaired) electrons. The molecule has 1 aromatic heterocycles. The molecule has 0 saturated carbocycles. The van der Waals surface area contributed by atoms with Crippen molar-refractivity contribution in [3.63, 3.8) is 0 Å². The van der Waals surface area contributed by atoms with Gasteiger partial charge in [0.15, 0.2) is 0 Å². The van der Waals surface area contributed by atoms with Gasteiger partial charge in [0.1, 0.15) is 0 Å². The zero-order valence-electron chi connectivity index (χ0n) is 12.1. The van der Waals surface area contributed by atoms with Crippen molar-refractivity contribution in [3.8, 4) is 11.3 Å². The van der Waals surface area contributed by atoms with Gasteiger partial charge in [-0.1, -0.05) is 23.7 Å². The normalized spacial score (nSPS) is 18.7. The standard InChI is InChI=1S/C16H18ClN3O2/c17-13-5-3-11(4-6-13)16-12(9-18-19-16)10-20-7-1-2-14(20)8-15(21)22/h3-6,9,14H,1-2,7-8,10H2,(H,18,19)(H,21,22). The SMILES string of the molecule is O=C(O)CC1CCCN1Cc1cn[nH]c1-c1ccc(Cl)cc1. The summed E-state index contributed by atoms with van der Waals surface area (Å²) in [5.74, 6) is -0.734. The van der Waals surface area contributed by atoms with Crippen LogP contribution in [0.15, 0.2) is 30.5 Å². The van der Waals surface area contributed by atoms with E-state index >= 15 is 0 Å². The number of aromatic amines is 1. The molecule has 116 valence electrons. The van der Waals surface area contributed by atoms with E-state index in [4.69, 9.17) is 16.7 Å². The average Bonchev–Trinajstić information content (AvgIpc) is 3.10. The maximum Gasteiger partial charge on any atom is 0.304 e. The lowest BCUT2D eigenvalue weighted by atomic mass is 10.1. The third-order valence-corrected chi connectivity index (χ3v) is 4.39. The first kappa shape index (κ1) is 15.1. The minimum atomic E-state index is -0.734. The highest BCUT2D eigenvalue weighted by Crippen LogP contribution is 2.27. The Labute approximate surface area is 133 Å². The Morgan fingerprint density at radius 1 is 1.41 bits per heavy atom. The fourth-order valence-electron chi connectivity index (χ4n) is 3.05. The minimum Gasteiger partial charge on any atom is -0.481 e. The number of hydrogen-bond donors (Lipinski definition) is 2. The number of nitrogens with zero attached hydrogens (tertiary/aromatic N) is 2. The van der Waals surface area contributed by atoms with Gasteiger partial charge in [-0.25, -0.2) is 0 Å². The smallest absolute Gasteiger partial charge is 0.304 e. The van der Waals surface area contributed by atoms with Gasteiger partial charge in [-0.3, -0.25) is 14.8 Å². The second-order valence-corrected chi connectivity index (χ2v) is 6.08. The predicted molar refractivity (Wildman–Crippen MR) is 84.7 cm³/mol. The van der Waals surface area contributed by atoms with E-state index in [-0.39, 0.29) is 12.5 Å². The number of H-pyrrole nitrogens is 1. The molecule has 5 nitrogen and oxygen atoms in total. The molecular weight excluding hydrogens is 302 g/mol. The maximum atomic E-state index is 11.0. The number of nitrogens with one attached hydrogen (secondary N) is 1. The molecule has 0 amide bonds. The van der Waals surface area contributed by atoms with E-state index < -0.39 is 5.97 Å². The quantitative estimate of drug-likeness (QED) is 0.888. The summed E-state index contributed by atoms with van der Waals surface area (Å²) < 4.78 is 0. The van der Waals surface area contributed by atoms with Crippen molar-refractivity contribution in [2.45, 2.75) is 31.8 Å². The van der Waals surface area contributed by atoms with E-state index in [1.165, 1.54) is 0 Å². The molecule has 0 spiro atoms. The number of carboxylic acids is 1. The highest BCUT2D eigenvalue weighted by Gasteiger charge is 2.27. The molecule has 2 heterocycles. The fraction of sp³-hybridized carbons (Fsp3) is 0.375. The molecule has 3 rings (SSSR count). The zero-order chi connectivity index (χ0) is 15.5. The molecule has 1 atom stereocenters. The van der Waals surface area contributed by atoms with Gasteiger partial charge in [0, 0.05) is 23.2 Å². The number of carboxylic acid groups (broad SMARTS) is 1. The Bertz CT molecular complexity index is 654. The van der Waals surface area contributed by atoms with E-state index in [1.807, 2.05) is 30.5 Å². The maximum absolute atomic E-state index is 11.0. The molecule has 22 heavy (non-hydrogen) atoms. The number of hydrogen-bond acceptors (Lipinski definition) is 3. The first-order chi connectivity index (χ1) is 10.6. The largest absolute Gasteiger partial charge is 0.481 e. The van der Waals surface area contributed by atoms with Crippen LogP contribution >= 0.6 is 11.6 Å². The molecule has 1 unspecified atom stereocenters. The van der Waals surface area contributed by atoms with Gasteiger partial charge in [0.25, 0.3) is 0 Å². The van der Waals surface area contributed by atoms with Crippen LogP contribution in [0.2, 0.25) is 5.02 Å². The van der Waals surface area contributed by atoms with Gasteiger partial charge >= 0.3 is 5.97 Å². The minimum absolute atomic E-state index is 0.116. The number of aliphatic carboxylic acids is 1. The average molecular weight is 320 g/mol. The van der Waals surface area contributed by atoms with Crippen LogP contribution in [-0.4, -0.2) is 38.8 Å². The summed E-state index contributed by atoms with van der Waals surface area (Å²) >= 11 is 5.93. The Kier molecular flexibility index (Phi) is 4.45. The molecule has 0 aliphatic carbocycles. The first-order valence-electron chi connectivity index (χ1n) is 7.37. The van der Waals surface area contributed by atoms with Crippen LogP contribution in [0.1, 0.15) is 24.8 Å². The summed E-state index contributed by atoms with van der Waals surface area (Å²) in [6.07, 6.45) is 4.01. The summed E-state index contributed by atoms with van der Waals surface area (Å²) in [6, 6.07) is 7.73. The summed E-state index contributed by atoms with van der Waals surface area (Å²) in [4.78, 5) is 13.2. The molecule has 1 fully saturated rings. The Morgan fingerprint density at radius 2 is 2.18 bits per heavy atom. The van der Waals surface area contributed by atoms with Gasteiger partial charge < -0.3 is 5.11 Å². The van der Waals surface area contributed by atoms with Crippen molar-refractivity contribution in [1.29, 1.82) is 0 Å². The monoisotopic (exact) mass is 319 g/mol. The Balaban J connectivity index is 1.77. The highest BCUT2D eigenvalue weighted by atomic mass is 35.5. The van der Waals surface area contributed by atoms with Crippen LogP contribution in [0.3, 0.4) is 0 Å². The fourth-order valence-corrected chi connectivity index (χ4v) is 3.18. The van der Waals surface area contributed by atoms with Crippen LogP contribution in [0, 0.1) is 0 Å². The molecule has 1 aliphatic rings. The molecule has 6 heteroatoms. The van der Waals surface area contributed by atoms with Crippen LogP contribution in [0.5, 0.6) is 0 Å². The lowest BCUT2D eigenvalue weighted by molar-refractivity contribution is -0.138. The molecule has 1 saturated heterocycles. The Hall–Kier alpha value is -1.85. The van der Waals surface area contributed by atoms with Gasteiger partial charge in [0.2, 0.25) is 0 Å². The van der Waals surface area contributed by atoms with Crippen molar-refractivity contribution in [3.05, 3.63) is 41.0 Å². The topological polar surface area (TPSA) is 69.2 Å².